The summed E-state index contributed by atoms with van der Waals surface area (Å²) in [6.07, 6.45) is 5.86. The number of nitrogens with two attached hydrogens (primary N) is 1. The quantitative estimate of drug-likeness (QED) is 0.313. The lowest BCUT2D eigenvalue weighted by Gasteiger charge is -2.34. The molecule has 1 aromatic carbocycles. The standard InChI is InChI=1S/C31H32F2N8O2S/c32-22-4-3-19(23-20(11-34)28(35)44-27(22)23)25-24(33)26-21(12-36-25)29(41-13-17-1-2-18(14-41)37-17)39-30(38-26)43-16-31(5-6-31)15-40-7-9-42-10-8-40/h3-4,12,17-18,37H,1-2,5-10,13-16,35H2. The van der Waals surface area contributed by atoms with E-state index in [-0.39, 0.29) is 48.9 Å². The number of aromatic nitrogens is 3. The van der Waals surface area contributed by atoms with Gasteiger partial charge in [-0.05, 0) is 37.8 Å². The third kappa shape index (κ3) is 4.81. The molecule has 8 rings (SSSR count). The van der Waals surface area contributed by atoms with Crippen LogP contribution in [0.4, 0.5) is 19.6 Å². The summed E-state index contributed by atoms with van der Waals surface area (Å²) in [6.45, 7) is 6.14. The van der Waals surface area contributed by atoms with E-state index in [9.17, 15) is 9.65 Å². The van der Waals surface area contributed by atoms with Crippen LogP contribution in [0.1, 0.15) is 31.2 Å². The summed E-state index contributed by atoms with van der Waals surface area (Å²) < 4.78 is 43.4. The lowest BCUT2D eigenvalue weighted by Crippen LogP contribution is -2.51. The van der Waals surface area contributed by atoms with Gasteiger partial charge in [-0.3, -0.25) is 9.88 Å². The molecule has 3 saturated heterocycles. The molecule has 44 heavy (non-hydrogen) atoms. The number of benzene rings is 1. The number of thiophene rings is 1. The average Bonchev–Trinajstić information content (AvgIpc) is 3.59. The molecule has 4 fully saturated rings. The predicted molar refractivity (Wildman–Crippen MR) is 164 cm³/mol. The van der Waals surface area contributed by atoms with Crippen LogP contribution in [-0.2, 0) is 4.74 Å². The third-order valence-electron chi connectivity index (χ3n) is 9.47. The molecule has 0 amide bonds. The van der Waals surface area contributed by atoms with Gasteiger partial charge in [-0.15, -0.1) is 11.3 Å². The van der Waals surface area contributed by atoms with Gasteiger partial charge in [0.2, 0.25) is 0 Å². The molecule has 2 bridgehead atoms. The molecule has 4 aromatic rings. The van der Waals surface area contributed by atoms with Crippen molar-refractivity contribution in [3.63, 3.8) is 0 Å². The predicted octanol–water partition coefficient (Wildman–Crippen LogP) is 4.07. The van der Waals surface area contributed by atoms with Crippen molar-refractivity contribution < 1.29 is 18.3 Å². The van der Waals surface area contributed by atoms with Crippen LogP contribution < -0.4 is 20.7 Å². The Bertz CT molecular complexity index is 1800. The van der Waals surface area contributed by atoms with Crippen molar-refractivity contribution in [2.75, 3.05) is 63.2 Å². The summed E-state index contributed by atoms with van der Waals surface area (Å²) in [7, 11) is 0. The second kappa shape index (κ2) is 10.7. The molecule has 6 heterocycles. The molecule has 2 unspecified atom stereocenters. The largest absolute Gasteiger partial charge is 0.463 e. The van der Waals surface area contributed by atoms with Crippen LogP contribution in [0.25, 0.3) is 32.2 Å². The van der Waals surface area contributed by atoms with E-state index < -0.39 is 11.6 Å². The van der Waals surface area contributed by atoms with E-state index in [4.69, 9.17) is 20.2 Å². The topological polar surface area (TPSA) is 125 Å². The van der Waals surface area contributed by atoms with Crippen molar-refractivity contribution in [1.29, 1.82) is 5.26 Å². The fraction of sp³-hybridized carbons (Fsp3) is 0.484. The zero-order chi connectivity index (χ0) is 30.0. The Morgan fingerprint density at radius 2 is 1.93 bits per heavy atom. The van der Waals surface area contributed by atoms with E-state index in [1.165, 1.54) is 12.1 Å². The van der Waals surface area contributed by atoms with Gasteiger partial charge in [0.05, 0.1) is 35.5 Å². The lowest BCUT2D eigenvalue weighted by molar-refractivity contribution is 0.0231. The number of nitrogens with one attached hydrogen (secondary N) is 1. The molecule has 3 aromatic heterocycles. The summed E-state index contributed by atoms with van der Waals surface area (Å²) in [5.74, 6) is -0.603. The van der Waals surface area contributed by atoms with Crippen LogP contribution in [0.5, 0.6) is 6.01 Å². The van der Waals surface area contributed by atoms with Gasteiger partial charge in [-0.1, -0.05) is 0 Å². The number of nitriles is 1. The van der Waals surface area contributed by atoms with Gasteiger partial charge in [-0.25, -0.2) is 8.78 Å². The first kappa shape index (κ1) is 27.8. The highest BCUT2D eigenvalue weighted by Gasteiger charge is 2.45. The minimum atomic E-state index is -0.676. The lowest BCUT2D eigenvalue weighted by atomic mass is 10.0. The zero-order valence-electron chi connectivity index (χ0n) is 24.1. The smallest absolute Gasteiger partial charge is 0.319 e. The number of anilines is 2. The van der Waals surface area contributed by atoms with E-state index in [0.717, 1.165) is 83.0 Å². The second-order valence-electron chi connectivity index (χ2n) is 12.5. The van der Waals surface area contributed by atoms with E-state index in [0.29, 0.717) is 29.9 Å². The first-order chi connectivity index (χ1) is 21.4. The van der Waals surface area contributed by atoms with Crippen molar-refractivity contribution >= 4 is 43.1 Å². The summed E-state index contributed by atoms with van der Waals surface area (Å²) in [4.78, 5) is 18.6. The molecule has 4 aliphatic rings. The Hall–Kier alpha value is -3.70. The van der Waals surface area contributed by atoms with Gasteiger partial charge in [-0.2, -0.15) is 15.2 Å². The molecule has 0 spiro atoms. The number of halogens is 2. The number of piperazine rings is 1. The molecule has 228 valence electrons. The normalized spacial score (nSPS) is 22.9. The summed E-state index contributed by atoms with van der Waals surface area (Å²) in [5.41, 5.74) is 6.53. The van der Waals surface area contributed by atoms with Gasteiger partial charge in [0.1, 0.15) is 33.9 Å². The Labute approximate surface area is 256 Å². The van der Waals surface area contributed by atoms with Crippen molar-refractivity contribution in [3.8, 4) is 23.3 Å². The number of ether oxygens (including phenoxy) is 2. The maximum atomic E-state index is 16.7. The van der Waals surface area contributed by atoms with Gasteiger partial charge in [0, 0.05) is 67.4 Å². The number of fused-ring (bicyclic) bond motifs is 4. The van der Waals surface area contributed by atoms with Crippen molar-refractivity contribution in [3.05, 3.63) is 35.5 Å². The van der Waals surface area contributed by atoms with Crippen molar-refractivity contribution in [2.45, 2.75) is 37.8 Å². The highest BCUT2D eigenvalue weighted by Crippen LogP contribution is 2.47. The summed E-state index contributed by atoms with van der Waals surface area (Å²) in [6, 6.07) is 5.55. The molecule has 10 nitrogen and oxygen atoms in total. The average molecular weight is 619 g/mol. The maximum absolute atomic E-state index is 16.7. The highest BCUT2D eigenvalue weighted by atomic mass is 32.1. The molecule has 1 saturated carbocycles. The third-order valence-corrected chi connectivity index (χ3v) is 10.5. The molecule has 1 aliphatic carbocycles. The van der Waals surface area contributed by atoms with Gasteiger partial charge >= 0.3 is 6.01 Å². The Morgan fingerprint density at radius 1 is 1.16 bits per heavy atom. The molecule has 2 atom stereocenters. The number of hydrogen-bond donors (Lipinski definition) is 2. The molecular formula is C31H32F2N8O2S. The van der Waals surface area contributed by atoms with E-state index in [1.54, 1.807) is 6.20 Å². The SMILES string of the molecule is N#Cc1c(N)sc2c(F)ccc(-c3ncc4c(N5CC6CCC(C5)N6)nc(OCC5(CN6CCOCC6)CC5)nc4c3F)c12. The maximum Gasteiger partial charge on any atom is 0.319 e. The first-order valence-corrected chi connectivity index (χ1v) is 15.9. The van der Waals surface area contributed by atoms with Crippen molar-refractivity contribution in [2.24, 2.45) is 5.41 Å². The Kier molecular flexibility index (Phi) is 6.78. The van der Waals surface area contributed by atoms with Crippen LogP contribution in [0.3, 0.4) is 0 Å². The summed E-state index contributed by atoms with van der Waals surface area (Å²) in [5, 5.41) is 14.3. The number of rotatable bonds is 7. The summed E-state index contributed by atoms with van der Waals surface area (Å²) >= 11 is 0.967. The molecular weight excluding hydrogens is 586 g/mol. The van der Waals surface area contributed by atoms with Gasteiger partial charge in [0.25, 0.3) is 0 Å². The minimum Gasteiger partial charge on any atom is -0.463 e. The van der Waals surface area contributed by atoms with E-state index in [2.05, 4.69) is 31.2 Å². The van der Waals surface area contributed by atoms with Crippen LogP contribution in [0, 0.1) is 28.4 Å². The highest BCUT2D eigenvalue weighted by molar-refractivity contribution is 7.23. The first-order valence-electron chi connectivity index (χ1n) is 15.1. The van der Waals surface area contributed by atoms with E-state index in [1.807, 2.05) is 0 Å². The molecule has 3 N–H and O–H groups in total. The Balaban J connectivity index is 1.21. The van der Waals surface area contributed by atoms with Crippen LogP contribution in [0.2, 0.25) is 0 Å². The monoisotopic (exact) mass is 618 g/mol. The number of morpholine rings is 1. The number of pyridine rings is 1. The number of nitrogen functional groups attached to an aromatic ring is 1. The fourth-order valence-electron chi connectivity index (χ4n) is 6.96. The van der Waals surface area contributed by atoms with E-state index >= 15 is 4.39 Å². The van der Waals surface area contributed by atoms with Gasteiger partial charge in [0.15, 0.2) is 5.82 Å². The number of hydrogen-bond acceptors (Lipinski definition) is 11. The van der Waals surface area contributed by atoms with Gasteiger partial charge < -0.3 is 25.4 Å². The second-order valence-corrected chi connectivity index (χ2v) is 13.5. The molecule has 0 radical (unpaired) electrons. The van der Waals surface area contributed by atoms with Crippen LogP contribution in [-0.4, -0.2) is 84.5 Å². The zero-order valence-corrected chi connectivity index (χ0v) is 24.9. The van der Waals surface area contributed by atoms with Crippen molar-refractivity contribution in [1.82, 2.24) is 25.2 Å². The fourth-order valence-corrected chi connectivity index (χ4v) is 7.91. The minimum absolute atomic E-state index is 0.0260. The molecule has 13 heteroatoms. The number of nitrogens with zero attached hydrogens (tertiary/aromatic N) is 6. The van der Waals surface area contributed by atoms with Crippen LogP contribution in [0.15, 0.2) is 18.3 Å². The Morgan fingerprint density at radius 3 is 2.66 bits per heavy atom. The molecule has 3 aliphatic heterocycles. The van der Waals surface area contributed by atoms with Crippen LogP contribution >= 0.6 is 11.3 Å².